The highest BCUT2D eigenvalue weighted by Gasteiger charge is 2.31. The Morgan fingerprint density at radius 2 is 1.96 bits per heavy atom. The fourth-order valence-corrected chi connectivity index (χ4v) is 2.81. The molecule has 2 aromatic rings. The Hall–Kier alpha value is -2.84. The Labute approximate surface area is 160 Å². The van der Waals surface area contributed by atoms with E-state index in [9.17, 15) is 18.0 Å². The minimum Gasteiger partial charge on any atom is -0.454 e. The van der Waals surface area contributed by atoms with Gasteiger partial charge in [0.05, 0.1) is 12.5 Å². The van der Waals surface area contributed by atoms with Crippen LogP contribution >= 0.6 is 0 Å². The van der Waals surface area contributed by atoms with Gasteiger partial charge >= 0.3 is 6.18 Å². The Bertz CT molecular complexity index is 856. The van der Waals surface area contributed by atoms with E-state index in [1.54, 1.807) is 38.1 Å². The third kappa shape index (κ3) is 4.90. The lowest BCUT2D eigenvalue weighted by molar-refractivity contribution is -0.143. The smallest absolute Gasteiger partial charge is 0.389 e. The van der Waals surface area contributed by atoms with E-state index in [-0.39, 0.29) is 12.7 Å². The summed E-state index contributed by atoms with van der Waals surface area (Å²) in [5, 5.41) is 2.95. The molecule has 150 valence electrons. The second-order valence-corrected chi connectivity index (χ2v) is 6.78. The summed E-state index contributed by atoms with van der Waals surface area (Å²) in [7, 11) is 0. The molecule has 0 unspecified atom stereocenters. The summed E-state index contributed by atoms with van der Waals surface area (Å²) in [6, 6.07) is 6.07. The molecule has 2 heterocycles. The number of alkyl halides is 3. The van der Waals surface area contributed by atoms with E-state index in [1.807, 2.05) is 0 Å². The molecule has 1 aliphatic rings. The summed E-state index contributed by atoms with van der Waals surface area (Å²) in [5.41, 5.74) is 0.692. The second kappa shape index (κ2) is 8.04. The van der Waals surface area contributed by atoms with Crippen molar-refractivity contribution in [2.24, 2.45) is 5.92 Å². The van der Waals surface area contributed by atoms with Gasteiger partial charge in [0.15, 0.2) is 23.1 Å². The number of hydrogen-bond acceptors (Lipinski definition) is 6. The third-order valence-corrected chi connectivity index (χ3v) is 4.26. The zero-order valence-corrected chi connectivity index (χ0v) is 15.4. The van der Waals surface area contributed by atoms with Crippen LogP contribution in [0, 0.1) is 5.92 Å². The number of carbonyl (C=O) groups is 1. The SMILES string of the molecule is CC(C)[C@@H](Nc1ccnc(-c2ccc3c(c2)OCO3)n1)C(=O)CCC(F)(F)F. The van der Waals surface area contributed by atoms with Gasteiger partial charge in [-0.1, -0.05) is 13.8 Å². The van der Waals surface area contributed by atoms with Gasteiger partial charge in [0.2, 0.25) is 6.79 Å². The van der Waals surface area contributed by atoms with Crippen molar-refractivity contribution in [2.45, 2.75) is 38.9 Å². The van der Waals surface area contributed by atoms with Gasteiger partial charge in [0.1, 0.15) is 5.82 Å². The average molecular weight is 395 g/mol. The third-order valence-electron chi connectivity index (χ3n) is 4.26. The molecule has 3 rings (SSSR count). The molecule has 1 aliphatic heterocycles. The van der Waals surface area contributed by atoms with Crippen LogP contribution in [0.3, 0.4) is 0 Å². The maximum absolute atomic E-state index is 12.4. The van der Waals surface area contributed by atoms with Crippen LogP contribution in [0.4, 0.5) is 19.0 Å². The number of ketones is 1. The molecule has 0 amide bonds. The highest BCUT2D eigenvalue weighted by molar-refractivity contribution is 5.86. The number of nitrogens with zero attached hydrogens (tertiary/aromatic N) is 2. The second-order valence-electron chi connectivity index (χ2n) is 6.78. The lowest BCUT2D eigenvalue weighted by Crippen LogP contribution is -2.35. The molecule has 1 aromatic heterocycles. The molecule has 6 nitrogen and oxygen atoms in total. The molecular formula is C19H20F3N3O3. The number of Topliss-reactive ketones (excluding diaryl/α,β-unsaturated/α-hetero) is 1. The molecular weight excluding hydrogens is 375 g/mol. The van der Waals surface area contributed by atoms with Crippen molar-refractivity contribution >= 4 is 11.6 Å². The largest absolute Gasteiger partial charge is 0.454 e. The van der Waals surface area contributed by atoms with E-state index in [0.717, 1.165) is 0 Å². The van der Waals surface area contributed by atoms with E-state index < -0.39 is 30.8 Å². The predicted octanol–water partition coefficient (Wildman–Crippen LogP) is 4.22. The minimum absolute atomic E-state index is 0.150. The number of benzene rings is 1. The first kappa shape index (κ1) is 19.9. The minimum atomic E-state index is -4.36. The highest BCUT2D eigenvalue weighted by Crippen LogP contribution is 2.35. The fourth-order valence-electron chi connectivity index (χ4n) is 2.81. The van der Waals surface area contributed by atoms with Gasteiger partial charge in [-0.3, -0.25) is 4.79 Å². The van der Waals surface area contributed by atoms with Gasteiger partial charge in [-0.25, -0.2) is 9.97 Å². The van der Waals surface area contributed by atoms with Crippen LogP contribution in [0.25, 0.3) is 11.4 Å². The van der Waals surface area contributed by atoms with Crippen molar-refractivity contribution in [3.63, 3.8) is 0 Å². The van der Waals surface area contributed by atoms with E-state index >= 15 is 0 Å². The van der Waals surface area contributed by atoms with Crippen LogP contribution in [-0.4, -0.2) is 34.8 Å². The van der Waals surface area contributed by atoms with Crippen LogP contribution in [0.5, 0.6) is 11.5 Å². The number of carbonyl (C=O) groups excluding carboxylic acids is 1. The molecule has 0 aliphatic carbocycles. The van der Waals surface area contributed by atoms with E-state index in [0.29, 0.717) is 28.7 Å². The van der Waals surface area contributed by atoms with Crippen LogP contribution in [0.1, 0.15) is 26.7 Å². The lowest BCUT2D eigenvalue weighted by Gasteiger charge is -2.22. The predicted molar refractivity (Wildman–Crippen MR) is 96.1 cm³/mol. The number of hydrogen-bond donors (Lipinski definition) is 1. The molecule has 0 radical (unpaired) electrons. The van der Waals surface area contributed by atoms with Crippen molar-refractivity contribution < 1.29 is 27.4 Å². The standard InChI is InChI=1S/C19H20F3N3O3/c1-11(2)17(13(26)5-7-19(20,21)22)24-16-6-8-23-18(25-16)12-3-4-14-15(9-12)28-10-27-14/h3-4,6,8-9,11,17H,5,7,10H2,1-2H3,(H,23,24,25)/t17-/m1/s1. The molecule has 0 saturated heterocycles. The van der Waals surface area contributed by atoms with Gasteiger partial charge in [-0.05, 0) is 30.2 Å². The van der Waals surface area contributed by atoms with Crippen molar-refractivity contribution in [3.8, 4) is 22.9 Å². The number of ether oxygens (including phenoxy) is 2. The summed E-state index contributed by atoms with van der Waals surface area (Å²) < 4.78 is 47.9. The fraction of sp³-hybridized carbons (Fsp3) is 0.421. The number of anilines is 1. The average Bonchev–Trinajstić information content (AvgIpc) is 3.11. The van der Waals surface area contributed by atoms with Gasteiger partial charge in [-0.2, -0.15) is 13.2 Å². The molecule has 0 fully saturated rings. The first-order chi connectivity index (χ1) is 13.2. The molecule has 0 bridgehead atoms. The quantitative estimate of drug-likeness (QED) is 0.757. The number of nitrogens with one attached hydrogen (secondary N) is 1. The highest BCUT2D eigenvalue weighted by atomic mass is 19.4. The molecule has 1 atom stereocenters. The monoisotopic (exact) mass is 395 g/mol. The Morgan fingerprint density at radius 3 is 2.68 bits per heavy atom. The van der Waals surface area contributed by atoms with Gasteiger partial charge in [0, 0.05) is 18.2 Å². The maximum atomic E-state index is 12.4. The normalized spacial score (nSPS) is 14.2. The van der Waals surface area contributed by atoms with Crippen molar-refractivity contribution in [1.82, 2.24) is 9.97 Å². The van der Waals surface area contributed by atoms with Crippen LogP contribution in [0.2, 0.25) is 0 Å². The van der Waals surface area contributed by atoms with Gasteiger partial charge in [0.25, 0.3) is 0 Å². The summed E-state index contributed by atoms with van der Waals surface area (Å²) in [5.74, 6) is 1.27. The lowest BCUT2D eigenvalue weighted by atomic mass is 9.97. The number of halogens is 3. The van der Waals surface area contributed by atoms with E-state index in [4.69, 9.17) is 9.47 Å². The molecule has 28 heavy (non-hydrogen) atoms. The molecule has 0 spiro atoms. The molecule has 9 heteroatoms. The maximum Gasteiger partial charge on any atom is 0.389 e. The molecule has 1 N–H and O–H groups in total. The van der Waals surface area contributed by atoms with Crippen molar-refractivity contribution in [3.05, 3.63) is 30.5 Å². The Balaban J connectivity index is 1.76. The van der Waals surface area contributed by atoms with Crippen LogP contribution in [-0.2, 0) is 4.79 Å². The summed E-state index contributed by atoms with van der Waals surface area (Å²) >= 11 is 0. The number of aromatic nitrogens is 2. The summed E-state index contributed by atoms with van der Waals surface area (Å²) in [6.45, 7) is 3.68. The zero-order valence-electron chi connectivity index (χ0n) is 15.4. The van der Waals surface area contributed by atoms with Crippen LogP contribution in [0.15, 0.2) is 30.5 Å². The van der Waals surface area contributed by atoms with Gasteiger partial charge < -0.3 is 14.8 Å². The number of fused-ring (bicyclic) bond motifs is 1. The van der Waals surface area contributed by atoms with E-state index in [2.05, 4.69) is 15.3 Å². The topological polar surface area (TPSA) is 73.3 Å². The molecule has 0 saturated carbocycles. The Kier molecular flexibility index (Phi) is 5.71. The Morgan fingerprint density at radius 1 is 1.21 bits per heavy atom. The van der Waals surface area contributed by atoms with Crippen molar-refractivity contribution in [1.29, 1.82) is 0 Å². The van der Waals surface area contributed by atoms with Crippen LogP contribution < -0.4 is 14.8 Å². The molecule has 1 aromatic carbocycles. The van der Waals surface area contributed by atoms with Crippen molar-refractivity contribution in [2.75, 3.05) is 12.1 Å². The first-order valence-electron chi connectivity index (χ1n) is 8.82. The summed E-state index contributed by atoms with van der Waals surface area (Å²) in [6.07, 6.45) is -4.55. The number of rotatable bonds is 7. The zero-order chi connectivity index (χ0) is 20.3. The van der Waals surface area contributed by atoms with Gasteiger partial charge in [-0.15, -0.1) is 0 Å². The first-order valence-corrected chi connectivity index (χ1v) is 8.82. The van der Waals surface area contributed by atoms with E-state index in [1.165, 1.54) is 6.20 Å². The summed E-state index contributed by atoms with van der Waals surface area (Å²) in [4.78, 5) is 20.9.